The van der Waals surface area contributed by atoms with Gasteiger partial charge in [0, 0.05) is 62.0 Å². The minimum atomic E-state index is -3.93. The molecule has 12 aromatic rings. The van der Waals surface area contributed by atoms with Gasteiger partial charge < -0.3 is 20.1 Å². The number of carbonyl (C=O) groups is 4. The molecular formula is C76H66Cl2F12N16O12S2. The van der Waals surface area contributed by atoms with Crippen molar-refractivity contribution in [3.63, 3.8) is 0 Å². The summed E-state index contributed by atoms with van der Waals surface area (Å²) < 4.78 is 246. The van der Waals surface area contributed by atoms with Crippen molar-refractivity contribution in [1.82, 2.24) is 68.9 Å². The number of amides is 2. The maximum absolute atomic E-state index is 15.4. The molecule has 120 heavy (non-hydrogen) atoms. The Balaban J connectivity index is 0.000000204. The number of nitrogens with one attached hydrogen (secondary N) is 4. The minimum Gasteiger partial charge on any atom is -0.465 e. The number of hydrogen-bond donors (Lipinski definition) is 4. The number of alkyl halides is 8. The summed E-state index contributed by atoms with van der Waals surface area (Å²) in [4.78, 5) is 93.0. The molecule has 6 atom stereocenters. The van der Waals surface area contributed by atoms with Crippen LogP contribution in [0.1, 0.15) is 142 Å². The number of sulfonamides is 2. The van der Waals surface area contributed by atoms with Gasteiger partial charge in [0.15, 0.2) is 11.6 Å². The second-order valence-electron chi connectivity index (χ2n) is 28.4. The number of rotatable bonds is 22. The second-order valence-corrected chi connectivity index (χ2v) is 32.8. The van der Waals surface area contributed by atoms with Crippen LogP contribution in [0.3, 0.4) is 0 Å². The summed E-state index contributed by atoms with van der Waals surface area (Å²) in [6.07, 6.45) is -5.84. The van der Waals surface area contributed by atoms with Gasteiger partial charge >= 0.3 is 11.9 Å². The molecule has 2 amide bonds. The van der Waals surface area contributed by atoms with Gasteiger partial charge in [-0.1, -0.05) is 50.2 Å². The van der Waals surface area contributed by atoms with E-state index in [2.05, 4.69) is 50.4 Å². The maximum atomic E-state index is 15.4. The number of benzene rings is 6. The van der Waals surface area contributed by atoms with Crippen LogP contribution < -0.4 is 31.2 Å². The Labute approximate surface area is 680 Å². The molecule has 16 rings (SSSR count). The SMILES string of the molecule is C.C.COC(=O)c1cccc2c(=O)n(-c3ccc(Cl)c4c(NS(C)(=O)=O)nn(C)c34)c(C(Cc3cc(F)cc(F)c3)NC(=O)Cn3nc(C(F)F)c4c3C(F)(F)[C@@H]3C[C@H]43)nc12.COC(=O)c1cccc2c(=O)n(-c3ccc(Cl)c4c(NS(C)(=O)=O)nn(C)c34)c([C@H](Cc3cc(F)cc(F)c3)NC(=O)Cn3nc(C(F)F)c4c3C(F)(F)[C@@H]3C[C@H]43)nc12. The molecule has 632 valence electrons. The van der Waals surface area contributed by atoms with Crippen LogP contribution >= 0.6 is 23.2 Å². The van der Waals surface area contributed by atoms with Gasteiger partial charge in [-0.3, -0.25) is 56.5 Å². The number of hydrogen-bond acceptors (Lipinski definition) is 18. The predicted octanol–water partition coefficient (Wildman–Crippen LogP) is 12.9. The van der Waals surface area contributed by atoms with Crippen LogP contribution in [-0.2, 0) is 91.0 Å². The fraction of sp³-hybridized carbons (Fsp3) is 0.316. The zero-order valence-corrected chi connectivity index (χ0v) is 64.6. The second kappa shape index (κ2) is 31.3. The zero-order chi connectivity index (χ0) is 84.9. The normalized spacial score (nSPS) is 17.0. The lowest BCUT2D eigenvalue weighted by molar-refractivity contribution is -0.123. The van der Waals surface area contributed by atoms with Gasteiger partial charge in [-0.15, -0.1) is 0 Å². The van der Waals surface area contributed by atoms with Crippen molar-refractivity contribution in [2.24, 2.45) is 25.9 Å². The van der Waals surface area contributed by atoms with E-state index in [1.165, 1.54) is 84.1 Å². The summed E-state index contributed by atoms with van der Waals surface area (Å²) in [6.45, 7) is -2.06. The smallest absolute Gasteiger partial charge is 0.340 e. The van der Waals surface area contributed by atoms with E-state index in [-0.39, 0.29) is 138 Å². The highest BCUT2D eigenvalue weighted by atomic mass is 35.5. The molecule has 4 N–H and O–H groups in total. The fourth-order valence-electron chi connectivity index (χ4n) is 15.8. The molecule has 0 bridgehead atoms. The van der Waals surface area contributed by atoms with Crippen LogP contribution in [0.4, 0.5) is 64.3 Å². The molecule has 6 heterocycles. The number of aromatic nitrogens is 12. The number of esters is 2. The van der Waals surface area contributed by atoms with Gasteiger partial charge in [-0.2, -0.15) is 38.0 Å². The molecule has 28 nitrogen and oxygen atoms in total. The Morgan fingerprint density at radius 3 is 1.22 bits per heavy atom. The molecule has 6 aromatic heterocycles. The van der Waals surface area contributed by atoms with Crippen molar-refractivity contribution in [3.05, 3.63) is 219 Å². The fourth-order valence-corrected chi connectivity index (χ4v) is 17.2. The third-order valence-corrected chi connectivity index (χ3v) is 22.2. The third-order valence-electron chi connectivity index (χ3n) is 20.5. The third kappa shape index (κ3) is 15.4. The first-order chi connectivity index (χ1) is 55.6. The van der Waals surface area contributed by atoms with Crippen LogP contribution in [0.25, 0.3) is 55.0 Å². The Morgan fingerprint density at radius 2 is 0.892 bits per heavy atom. The number of aryl methyl sites for hydroxylation is 2. The average molecular weight is 1760 g/mol. The molecule has 0 saturated heterocycles. The Hall–Kier alpha value is -11.9. The average Bonchev–Trinajstić information content (AvgIpc) is 1.52. The number of nitrogens with zero attached hydrogens (tertiary/aromatic N) is 12. The topological polar surface area (TPSA) is 344 Å². The predicted molar refractivity (Wildman–Crippen MR) is 412 cm³/mol. The van der Waals surface area contributed by atoms with Gasteiger partial charge in [0.05, 0.1) is 115 Å². The molecule has 4 aliphatic rings. The van der Waals surface area contributed by atoms with E-state index in [1.807, 2.05) is 0 Å². The first kappa shape index (κ1) is 85.9. The summed E-state index contributed by atoms with van der Waals surface area (Å²) in [5, 5.41) is 20.7. The lowest BCUT2D eigenvalue weighted by atomic mass is 10.0. The van der Waals surface area contributed by atoms with Crippen LogP contribution in [0.15, 0.2) is 107 Å². The van der Waals surface area contributed by atoms with E-state index in [4.69, 9.17) is 32.7 Å². The van der Waals surface area contributed by atoms with E-state index in [1.54, 1.807) is 0 Å². The van der Waals surface area contributed by atoms with Crippen molar-refractivity contribution in [2.75, 3.05) is 36.2 Å². The lowest BCUT2D eigenvalue weighted by Crippen LogP contribution is -2.38. The van der Waals surface area contributed by atoms with Crippen LogP contribution in [0.2, 0.25) is 10.0 Å². The van der Waals surface area contributed by atoms with Crippen molar-refractivity contribution in [3.8, 4) is 11.4 Å². The molecule has 2 saturated carbocycles. The summed E-state index contributed by atoms with van der Waals surface area (Å²) in [6, 6.07) is 15.0. The number of ether oxygens (including phenoxy) is 2. The summed E-state index contributed by atoms with van der Waals surface area (Å²) in [5.41, 5.74) is -6.89. The van der Waals surface area contributed by atoms with Gasteiger partial charge in [-0.25, -0.2) is 71.5 Å². The quantitative estimate of drug-likeness (QED) is 0.0362. The van der Waals surface area contributed by atoms with Crippen molar-refractivity contribution >= 4 is 122 Å². The standard InChI is InChI=1S/2C37H29ClF6N8O6S.2CH4/c2*1-50-30-24(8-7-22(38)27(30)33(48-50)49-59(3,56)57)52-34(46-28-18(35(52)54)5-4-6-19(28)36(55)58-2)23(11-15-9-16(39)12-17(40)10-15)45-25(53)14-51-31-26(29(47-51)32(41)42)20-13-21(20)37(31,43)44;;/h2*4-10,12,20-21,23,32H,11,13-14H2,1-3H3,(H,45,53)(H,48,49);2*1H4/t20-,21+,23?;20-,21+,23-;;/m00../s1. The molecule has 0 spiro atoms. The van der Waals surface area contributed by atoms with E-state index in [0.29, 0.717) is 21.5 Å². The number of halogens is 14. The first-order valence-electron chi connectivity index (χ1n) is 35.1. The summed E-state index contributed by atoms with van der Waals surface area (Å²) >= 11 is 13.1. The van der Waals surface area contributed by atoms with Crippen LogP contribution in [0, 0.1) is 35.1 Å². The number of anilines is 2. The highest BCUT2D eigenvalue weighted by Crippen LogP contribution is 2.69. The van der Waals surface area contributed by atoms with Gasteiger partial charge in [0.1, 0.15) is 70.8 Å². The molecule has 1 unspecified atom stereocenters. The molecule has 4 aliphatic carbocycles. The number of carbonyl (C=O) groups excluding carboxylic acids is 4. The van der Waals surface area contributed by atoms with Crippen molar-refractivity contribution in [2.45, 2.75) is 102 Å². The highest BCUT2D eigenvalue weighted by Gasteiger charge is 2.68. The Kier molecular flexibility index (Phi) is 22.4. The molecular weight excluding hydrogens is 1690 g/mol. The number of fused-ring (bicyclic) bond motifs is 10. The highest BCUT2D eigenvalue weighted by molar-refractivity contribution is 7.92. The summed E-state index contributed by atoms with van der Waals surface area (Å²) in [7, 11) is -2.88. The Bertz CT molecular complexity index is 6260. The van der Waals surface area contributed by atoms with Gasteiger partial charge in [-0.05, 0) is 109 Å². The van der Waals surface area contributed by atoms with Crippen molar-refractivity contribution < 1.29 is 98.2 Å². The van der Waals surface area contributed by atoms with Gasteiger partial charge in [0.2, 0.25) is 31.9 Å². The molecule has 2 fully saturated rings. The minimum absolute atomic E-state index is 0. The lowest BCUT2D eigenvalue weighted by Gasteiger charge is -2.24. The van der Waals surface area contributed by atoms with Crippen molar-refractivity contribution in [1.29, 1.82) is 0 Å². The van der Waals surface area contributed by atoms with E-state index in [0.717, 1.165) is 60.1 Å². The zero-order valence-electron chi connectivity index (χ0n) is 61.5. The van der Waals surface area contributed by atoms with E-state index in [9.17, 15) is 80.7 Å². The molecule has 0 aliphatic heterocycles. The number of methoxy groups -OCH3 is 2. The van der Waals surface area contributed by atoms with Crippen LogP contribution in [-0.4, -0.2) is 126 Å². The monoisotopic (exact) mass is 1760 g/mol. The Morgan fingerprint density at radius 1 is 0.542 bits per heavy atom. The van der Waals surface area contributed by atoms with E-state index >= 15 is 17.6 Å². The number of para-hydroxylation sites is 2. The van der Waals surface area contributed by atoms with E-state index < -0.39 is 199 Å². The first-order valence-corrected chi connectivity index (χ1v) is 39.7. The van der Waals surface area contributed by atoms with Gasteiger partial charge in [0.25, 0.3) is 35.8 Å². The molecule has 0 radical (unpaired) electrons. The van der Waals surface area contributed by atoms with Crippen LogP contribution in [0.5, 0.6) is 0 Å². The largest absolute Gasteiger partial charge is 0.465 e. The maximum Gasteiger partial charge on any atom is 0.340 e. The molecule has 6 aromatic carbocycles. The molecule has 44 heteroatoms. The summed E-state index contributed by atoms with van der Waals surface area (Å²) in [5.74, 6) is -20.7.